The van der Waals surface area contributed by atoms with Crippen LogP contribution in [-0.2, 0) is 17.8 Å². The molecule has 1 amide bonds. The lowest BCUT2D eigenvalue weighted by atomic mass is 10.4. The lowest BCUT2D eigenvalue weighted by Crippen LogP contribution is -2.42. The van der Waals surface area contributed by atoms with E-state index in [0.717, 1.165) is 19.4 Å². The van der Waals surface area contributed by atoms with Gasteiger partial charge in [-0.05, 0) is 25.0 Å². The minimum absolute atomic E-state index is 0. The highest BCUT2D eigenvalue weighted by Crippen LogP contribution is 2.16. The molecule has 0 saturated heterocycles. The second-order valence-corrected chi connectivity index (χ2v) is 5.60. The Bertz CT molecular complexity index is 448. The van der Waals surface area contributed by atoms with E-state index in [4.69, 9.17) is 0 Å². The molecule has 1 aromatic heterocycles. The van der Waals surface area contributed by atoms with Crippen LogP contribution in [0.2, 0.25) is 0 Å². The molecule has 120 valence electrons. The maximum absolute atomic E-state index is 11.5. The molecule has 0 aliphatic heterocycles. The van der Waals surface area contributed by atoms with Gasteiger partial charge < -0.3 is 16.0 Å². The summed E-state index contributed by atoms with van der Waals surface area (Å²) in [6.07, 6.45) is 2.01. The molecule has 0 aliphatic carbocycles. The van der Waals surface area contributed by atoms with Gasteiger partial charge in [-0.2, -0.15) is 0 Å². The second-order valence-electron chi connectivity index (χ2n) is 4.35. The maximum Gasteiger partial charge on any atom is 0.239 e. The van der Waals surface area contributed by atoms with Crippen LogP contribution in [0.15, 0.2) is 17.1 Å². The van der Waals surface area contributed by atoms with Crippen molar-refractivity contribution in [3.63, 3.8) is 0 Å². The quantitative estimate of drug-likeness (QED) is 0.357. The van der Waals surface area contributed by atoms with Gasteiger partial charge in [0.1, 0.15) is 0 Å². The van der Waals surface area contributed by atoms with Crippen molar-refractivity contribution in [3.8, 4) is 0 Å². The number of hydrogen-bond acceptors (Lipinski definition) is 3. The largest absolute Gasteiger partial charge is 0.355 e. The van der Waals surface area contributed by atoms with Gasteiger partial charge in [-0.15, -0.1) is 35.3 Å². The summed E-state index contributed by atoms with van der Waals surface area (Å²) in [6, 6.07) is 4.27. The van der Waals surface area contributed by atoms with Gasteiger partial charge in [-0.1, -0.05) is 13.8 Å². The SMILES string of the molecule is CCCNC(=O)CNC(=NC)NCc1ccc(CC)s1.I. The summed E-state index contributed by atoms with van der Waals surface area (Å²) in [7, 11) is 1.70. The van der Waals surface area contributed by atoms with E-state index in [0.29, 0.717) is 12.5 Å². The van der Waals surface area contributed by atoms with E-state index in [1.807, 2.05) is 6.92 Å². The Labute approximate surface area is 148 Å². The van der Waals surface area contributed by atoms with Crippen molar-refractivity contribution in [1.29, 1.82) is 0 Å². The molecule has 0 saturated carbocycles. The highest BCUT2D eigenvalue weighted by molar-refractivity contribution is 14.0. The Kier molecular flexibility index (Phi) is 11.3. The van der Waals surface area contributed by atoms with Crippen LogP contribution in [0, 0.1) is 0 Å². The van der Waals surface area contributed by atoms with Crippen LogP contribution in [0.1, 0.15) is 30.0 Å². The Morgan fingerprint density at radius 1 is 1.19 bits per heavy atom. The first-order valence-corrected chi connectivity index (χ1v) is 7.80. The van der Waals surface area contributed by atoms with E-state index in [1.54, 1.807) is 18.4 Å². The first kappa shape index (κ1) is 20.2. The van der Waals surface area contributed by atoms with Crippen molar-refractivity contribution < 1.29 is 4.79 Å². The van der Waals surface area contributed by atoms with Gasteiger partial charge in [0.15, 0.2) is 5.96 Å². The molecule has 0 bridgehead atoms. The number of carbonyl (C=O) groups excluding carboxylic acids is 1. The molecule has 0 spiro atoms. The van der Waals surface area contributed by atoms with Crippen LogP contribution >= 0.6 is 35.3 Å². The number of carbonyl (C=O) groups is 1. The summed E-state index contributed by atoms with van der Waals surface area (Å²) in [5.74, 6) is 0.627. The number of rotatable bonds is 7. The van der Waals surface area contributed by atoms with E-state index in [1.165, 1.54) is 9.75 Å². The van der Waals surface area contributed by atoms with E-state index < -0.39 is 0 Å². The molecule has 0 radical (unpaired) electrons. The highest BCUT2D eigenvalue weighted by Gasteiger charge is 2.04. The zero-order valence-corrected chi connectivity index (χ0v) is 16.0. The van der Waals surface area contributed by atoms with Gasteiger partial charge in [0, 0.05) is 23.3 Å². The summed E-state index contributed by atoms with van der Waals surface area (Å²) < 4.78 is 0. The fourth-order valence-electron chi connectivity index (χ4n) is 1.59. The Balaban J connectivity index is 0.00000400. The van der Waals surface area contributed by atoms with Crippen molar-refractivity contribution >= 4 is 47.2 Å². The third kappa shape index (κ3) is 8.25. The molecule has 0 unspecified atom stereocenters. The van der Waals surface area contributed by atoms with Crippen molar-refractivity contribution in [1.82, 2.24) is 16.0 Å². The summed E-state index contributed by atoms with van der Waals surface area (Å²) >= 11 is 1.80. The van der Waals surface area contributed by atoms with Crippen LogP contribution in [0.5, 0.6) is 0 Å². The van der Waals surface area contributed by atoms with Crippen LogP contribution in [0.3, 0.4) is 0 Å². The Morgan fingerprint density at radius 2 is 1.90 bits per heavy atom. The standard InChI is InChI=1S/C14H24N4OS.HI/c1-4-8-16-13(19)10-18-14(15-3)17-9-12-7-6-11(5-2)20-12;/h6-7H,4-5,8-10H2,1-3H3,(H,16,19)(H2,15,17,18);1H. The summed E-state index contributed by atoms with van der Waals surface area (Å²) in [6.45, 7) is 5.85. The number of aliphatic imine (C=N–C) groups is 1. The summed E-state index contributed by atoms with van der Waals surface area (Å²) in [5, 5.41) is 9.02. The normalized spacial score (nSPS) is 10.7. The number of guanidine groups is 1. The average Bonchev–Trinajstić information content (AvgIpc) is 2.93. The van der Waals surface area contributed by atoms with E-state index >= 15 is 0 Å². The number of amides is 1. The number of nitrogens with one attached hydrogen (secondary N) is 3. The van der Waals surface area contributed by atoms with E-state index in [9.17, 15) is 4.79 Å². The fourth-order valence-corrected chi connectivity index (χ4v) is 2.49. The predicted molar refractivity (Wildman–Crippen MR) is 101 cm³/mol. The molecule has 1 heterocycles. The molecule has 0 aromatic carbocycles. The first-order valence-electron chi connectivity index (χ1n) is 6.98. The van der Waals surface area contributed by atoms with Crippen LogP contribution in [0.4, 0.5) is 0 Å². The van der Waals surface area contributed by atoms with Crippen molar-refractivity contribution in [3.05, 3.63) is 21.9 Å². The zero-order chi connectivity index (χ0) is 14.8. The summed E-state index contributed by atoms with van der Waals surface area (Å²) in [5.41, 5.74) is 0. The molecule has 7 heteroatoms. The van der Waals surface area contributed by atoms with Gasteiger partial charge >= 0.3 is 0 Å². The first-order chi connectivity index (χ1) is 9.69. The molecule has 0 atom stereocenters. The van der Waals surface area contributed by atoms with Crippen molar-refractivity contribution in [2.75, 3.05) is 20.1 Å². The van der Waals surface area contributed by atoms with E-state index in [-0.39, 0.29) is 36.4 Å². The third-order valence-electron chi connectivity index (χ3n) is 2.71. The smallest absolute Gasteiger partial charge is 0.239 e. The third-order valence-corrected chi connectivity index (χ3v) is 3.94. The second kappa shape index (κ2) is 11.8. The van der Waals surface area contributed by atoms with Gasteiger partial charge in [0.2, 0.25) is 5.91 Å². The average molecular weight is 424 g/mol. The lowest BCUT2D eigenvalue weighted by Gasteiger charge is -2.11. The van der Waals surface area contributed by atoms with Gasteiger partial charge in [0.05, 0.1) is 13.1 Å². The topological polar surface area (TPSA) is 65.5 Å². The number of thiophene rings is 1. The minimum atomic E-state index is -0.0146. The van der Waals surface area contributed by atoms with Gasteiger partial charge in [-0.3, -0.25) is 9.79 Å². The number of hydrogen-bond donors (Lipinski definition) is 3. The maximum atomic E-state index is 11.5. The van der Waals surface area contributed by atoms with Crippen LogP contribution in [0.25, 0.3) is 0 Å². The van der Waals surface area contributed by atoms with Gasteiger partial charge in [0.25, 0.3) is 0 Å². The van der Waals surface area contributed by atoms with Crippen molar-refractivity contribution in [2.45, 2.75) is 33.2 Å². The molecule has 1 rings (SSSR count). The molecule has 21 heavy (non-hydrogen) atoms. The number of halogens is 1. The van der Waals surface area contributed by atoms with Crippen LogP contribution in [-0.4, -0.2) is 32.0 Å². The Hall–Kier alpha value is -0.830. The number of aryl methyl sites for hydroxylation is 1. The number of nitrogens with zero attached hydrogens (tertiary/aromatic N) is 1. The molecule has 0 aliphatic rings. The molecular formula is C14H25IN4OS. The Morgan fingerprint density at radius 3 is 2.48 bits per heavy atom. The highest BCUT2D eigenvalue weighted by atomic mass is 127. The minimum Gasteiger partial charge on any atom is -0.355 e. The molecule has 5 nitrogen and oxygen atoms in total. The summed E-state index contributed by atoms with van der Waals surface area (Å²) in [4.78, 5) is 18.2. The monoisotopic (exact) mass is 424 g/mol. The van der Waals surface area contributed by atoms with E-state index in [2.05, 4.69) is 40.0 Å². The molecule has 0 fully saturated rings. The van der Waals surface area contributed by atoms with Gasteiger partial charge in [-0.25, -0.2) is 0 Å². The fraction of sp³-hybridized carbons (Fsp3) is 0.571. The predicted octanol–water partition coefficient (Wildman–Crippen LogP) is 2.12. The molecule has 1 aromatic rings. The van der Waals surface area contributed by atoms with Crippen LogP contribution < -0.4 is 16.0 Å². The van der Waals surface area contributed by atoms with Crippen molar-refractivity contribution in [2.24, 2.45) is 4.99 Å². The lowest BCUT2D eigenvalue weighted by molar-refractivity contribution is -0.120. The molecular weight excluding hydrogens is 399 g/mol. The zero-order valence-electron chi connectivity index (χ0n) is 12.9. The molecule has 3 N–H and O–H groups in total.